The minimum absolute atomic E-state index is 0.341. The highest BCUT2D eigenvalue weighted by Gasteiger charge is 2.42. The third-order valence-electron chi connectivity index (χ3n) is 4.66. The van der Waals surface area contributed by atoms with Crippen LogP contribution in [0.25, 0.3) is 0 Å². The molecule has 0 bridgehead atoms. The zero-order chi connectivity index (χ0) is 16.3. The van der Waals surface area contributed by atoms with Gasteiger partial charge in [-0.05, 0) is 12.8 Å². The van der Waals surface area contributed by atoms with Crippen LogP contribution >= 0.6 is 11.3 Å². The molecule has 1 aliphatic carbocycles. The fourth-order valence-electron chi connectivity index (χ4n) is 3.34. The van der Waals surface area contributed by atoms with Gasteiger partial charge >= 0.3 is 0 Å². The molecular formula is C16H23F2N3OS. The summed E-state index contributed by atoms with van der Waals surface area (Å²) in [6.45, 7) is 0.0303. The van der Waals surface area contributed by atoms with Gasteiger partial charge in [0.15, 0.2) is 0 Å². The predicted octanol–water partition coefficient (Wildman–Crippen LogP) is 2.85. The van der Waals surface area contributed by atoms with E-state index in [9.17, 15) is 13.6 Å². The molecule has 3 rings (SSSR count). The summed E-state index contributed by atoms with van der Waals surface area (Å²) in [5.41, 5.74) is 1.19. The third kappa shape index (κ3) is 4.47. The highest BCUT2D eigenvalue weighted by Crippen LogP contribution is 2.33. The number of nitrogens with one attached hydrogen (secondary N) is 2. The Bertz CT molecular complexity index is 543. The van der Waals surface area contributed by atoms with Crippen molar-refractivity contribution in [1.82, 2.24) is 15.6 Å². The topological polar surface area (TPSA) is 54.0 Å². The largest absolute Gasteiger partial charge is 0.354 e. The minimum Gasteiger partial charge on any atom is -0.354 e. The molecule has 7 heteroatoms. The van der Waals surface area contributed by atoms with Crippen LogP contribution in [0.1, 0.15) is 55.1 Å². The van der Waals surface area contributed by atoms with Gasteiger partial charge < -0.3 is 5.32 Å². The lowest BCUT2D eigenvalue weighted by molar-refractivity contribution is -0.123. The molecule has 1 unspecified atom stereocenters. The van der Waals surface area contributed by atoms with Crippen LogP contribution in [0.15, 0.2) is 5.38 Å². The molecule has 0 aromatic carbocycles. The van der Waals surface area contributed by atoms with Gasteiger partial charge in [-0.3, -0.25) is 10.1 Å². The summed E-state index contributed by atoms with van der Waals surface area (Å²) in [6, 6.07) is -0.779. The fourth-order valence-corrected chi connectivity index (χ4v) is 4.22. The van der Waals surface area contributed by atoms with E-state index in [1.54, 1.807) is 11.3 Å². The standard InChI is InChI=1S/C16H23F2N3OS/c17-16(18)8-12(20-10-16)15(22)19-7-6-14-21-13(9-23-14)11-4-2-1-3-5-11/h9,11-12,20H,1-8,10H2,(H,19,22). The Morgan fingerprint density at radius 3 is 2.87 bits per heavy atom. The SMILES string of the molecule is O=C(NCCc1nc(C2CCCCC2)cs1)C1CC(F)(F)CN1. The van der Waals surface area contributed by atoms with Gasteiger partial charge in [0, 0.05) is 30.7 Å². The smallest absolute Gasteiger partial charge is 0.262 e. The Hall–Kier alpha value is -1.08. The van der Waals surface area contributed by atoms with Crippen LogP contribution in [-0.4, -0.2) is 35.9 Å². The van der Waals surface area contributed by atoms with Crippen molar-refractivity contribution in [2.24, 2.45) is 0 Å². The molecule has 1 aromatic rings. The van der Waals surface area contributed by atoms with Crippen molar-refractivity contribution in [2.75, 3.05) is 13.1 Å². The summed E-state index contributed by atoms with van der Waals surface area (Å²) in [6.07, 6.45) is 6.59. The molecule has 1 saturated heterocycles. The normalized spacial score (nSPS) is 24.7. The molecule has 1 atom stereocenters. The molecule has 4 nitrogen and oxygen atoms in total. The van der Waals surface area contributed by atoms with E-state index < -0.39 is 24.9 Å². The first-order chi connectivity index (χ1) is 11.0. The maximum atomic E-state index is 13.1. The quantitative estimate of drug-likeness (QED) is 0.864. The number of rotatable bonds is 5. The summed E-state index contributed by atoms with van der Waals surface area (Å²) < 4.78 is 26.1. The molecule has 1 saturated carbocycles. The van der Waals surface area contributed by atoms with E-state index in [2.05, 4.69) is 21.0 Å². The second kappa shape index (κ2) is 7.21. The molecule has 1 amide bonds. The molecule has 1 aliphatic heterocycles. The van der Waals surface area contributed by atoms with Crippen molar-refractivity contribution in [3.63, 3.8) is 0 Å². The number of alkyl halides is 2. The van der Waals surface area contributed by atoms with Gasteiger partial charge in [-0.15, -0.1) is 11.3 Å². The first kappa shape index (κ1) is 16.8. The monoisotopic (exact) mass is 343 g/mol. The molecule has 2 heterocycles. The number of amides is 1. The number of nitrogens with zero attached hydrogens (tertiary/aromatic N) is 1. The zero-order valence-corrected chi connectivity index (χ0v) is 13.9. The van der Waals surface area contributed by atoms with Crippen molar-refractivity contribution in [3.05, 3.63) is 16.1 Å². The van der Waals surface area contributed by atoms with E-state index in [1.165, 1.54) is 37.8 Å². The molecule has 128 valence electrons. The Balaban J connectivity index is 1.42. The van der Waals surface area contributed by atoms with Gasteiger partial charge in [0.25, 0.3) is 5.92 Å². The minimum atomic E-state index is -2.77. The number of hydrogen-bond donors (Lipinski definition) is 2. The Labute approximate surface area is 139 Å². The Morgan fingerprint density at radius 1 is 1.39 bits per heavy atom. The summed E-state index contributed by atoms with van der Waals surface area (Å²) in [4.78, 5) is 16.5. The van der Waals surface area contributed by atoms with E-state index in [0.29, 0.717) is 18.9 Å². The zero-order valence-electron chi connectivity index (χ0n) is 13.1. The number of carbonyl (C=O) groups excluding carboxylic acids is 1. The van der Waals surface area contributed by atoms with Crippen molar-refractivity contribution in [3.8, 4) is 0 Å². The maximum Gasteiger partial charge on any atom is 0.262 e. The van der Waals surface area contributed by atoms with Crippen LogP contribution in [0.3, 0.4) is 0 Å². The van der Waals surface area contributed by atoms with E-state index in [4.69, 9.17) is 0 Å². The lowest BCUT2D eigenvalue weighted by Crippen LogP contribution is -2.41. The van der Waals surface area contributed by atoms with Crippen LogP contribution in [0.4, 0.5) is 8.78 Å². The van der Waals surface area contributed by atoms with Crippen LogP contribution < -0.4 is 10.6 Å². The average molecular weight is 343 g/mol. The summed E-state index contributed by atoms with van der Waals surface area (Å²) >= 11 is 1.63. The summed E-state index contributed by atoms with van der Waals surface area (Å²) in [5, 5.41) is 8.44. The van der Waals surface area contributed by atoms with E-state index >= 15 is 0 Å². The summed E-state index contributed by atoms with van der Waals surface area (Å²) in [7, 11) is 0. The lowest BCUT2D eigenvalue weighted by atomic mass is 9.87. The van der Waals surface area contributed by atoms with Crippen LogP contribution in [0.5, 0.6) is 0 Å². The maximum absolute atomic E-state index is 13.1. The molecule has 1 aromatic heterocycles. The lowest BCUT2D eigenvalue weighted by Gasteiger charge is -2.19. The summed E-state index contributed by atoms with van der Waals surface area (Å²) in [5.74, 6) is -2.52. The number of aromatic nitrogens is 1. The number of hydrogen-bond acceptors (Lipinski definition) is 4. The van der Waals surface area contributed by atoms with Crippen molar-refractivity contribution < 1.29 is 13.6 Å². The molecule has 23 heavy (non-hydrogen) atoms. The number of thiazole rings is 1. The Morgan fingerprint density at radius 2 is 2.17 bits per heavy atom. The number of halogens is 2. The van der Waals surface area contributed by atoms with E-state index in [0.717, 1.165) is 5.01 Å². The van der Waals surface area contributed by atoms with Crippen LogP contribution in [0, 0.1) is 0 Å². The highest BCUT2D eigenvalue weighted by molar-refractivity contribution is 7.09. The first-order valence-electron chi connectivity index (χ1n) is 8.37. The van der Waals surface area contributed by atoms with Crippen molar-refractivity contribution in [2.45, 2.75) is 62.8 Å². The van der Waals surface area contributed by atoms with Gasteiger partial charge in [0.2, 0.25) is 5.91 Å². The third-order valence-corrected chi connectivity index (χ3v) is 5.58. The van der Waals surface area contributed by atoms with E-state index in [1.807, 2.05) is 0 Å². The molecule has 2 fully saturated rings. The molecule has 2 aliphatic rings. The molecular weight excluding hydrogens is 320 g/mol. The van der Waals surface area contributed by atoms with Gasteiger partial charge in [-0.2, -0.15) is 0 Å². The second-order valence-electron chi connectivity index (χ2n) is 6.54. The van der Waals surface area contributed by atoms with Gasteiger partial charge in [-0.1, -0.05) is 19.3 Å². The van der Waals surface area contributed by atoms with Crippen molar-refractivity contribution >= 4 is 17.2 Å². The number of carbonyl (C=O) groups is 1. The first-order valence-corrected chi connectivity index (χ1v) is 9.25. The van der Waals surface area contributed by atoms with E-state index in [-0.39, 0.29) is 5.91 Å². The molecule has 2 N–H and O–H groups in total. The Kier molecular flexibility index (Phi) is 5.26. The van der Waals surface area contributed by atoms with Crippen LogP contribution in [0.2, 0.25) is 0 Å². The van der Waals surface area contributed by atoms with Crippen molar-refractivity contribution in [1.29, 1.82) is 0 Å². The average Bonchev–Trinajstić information content (AvgIpc) is 3.14. The highest BCUT2D eigenvalue weighted by atomic mass is 32.1. The fraction of sp³-hybridized carbons (Fsp3) is 0.750. The van der Waals surface area contributed by atoms with Gasteiger partial charge in [0.05, 0.1) is 23.3 Å². The second-order valence-corrected chi connectivity index (χ2v) is 7.48. The molecule has 0 radical (unpaired) electrons. The van der Waals surface area contributed by atoms with Crippen LogP contribution in [-0.2, 0) is 11.2 Å². The predicted molar refractivity (Wildman–Crippen MR) is 86.0 cm³/mol. The molecule has 0 spiro atoms. The van der Waals surface area contributed by atoms with Gasteiger partial charge in [0.1, 0.15) is 0 Å². The van der Waals surface area contributed by atoms with Gasteiger partial charge in [-0.25, -0.2) is 13.8 Å².